The minimum Gasteiger partial charge on any atom is -0.507 e. The number of methoxy groups -OCH3 is 1. The van der Waals surface area contributed by atoms with Gasteiger partial charge in [0.05, 0.1) is 18.7 Å². The maximum absolute atomic E-state index is 13.2. The third-order valence-electron chi connectivity index (χ3n) is 5.82. The Labute approximate surface area is 193 Å². The van der Waals surface area contributed by atoms with Crippen LogP contribution >= 0.6 is 0 Å². The highest BCUT2D eigenvalue weighted by molar-refractivity contribution is 6.51. The zero-order valence-corrected chi connectivity index (χ0v) is 19.1. The van der Waals surface area contributed by atoms with Crippen molar-refractivity contribution < 1.29 is 19.4 Å². The van der Waals surface area contributed by atoms with Crippen molar-refractivity contribution in [2.45, 2.75) is 32.2 Å². The molecular formula is C27H26N2O4. The number of nitrogens with zero attached hydrogens (tertiary/aromatic N) is 2. The van der Waals surface area contributed by atoms with Crippen molar-refractivity contribution in [2.24, 2.45) is 0 Å². The van der Waals surface area contributed by atoms with E-state index in [1.54, 1.807) is 55.9 Å². The number of amides is 1. The van der Waals surface area contributed by atoms with Gasteiger partial charge in [0.1, 0.15) is 11.5 Å². The van der Waals surface area contributed by atoms with Crippen LogP contribution in [-0.4, -0.2) is 28.9 Å². The molecule has 1 aromatic heterocycles. The molecule has 33 heavy (non-hydrogen) atoms. The SMILES string of the molecule is COc1ccc(/C(O)=C2\C(=O)C(=O)N(c3ccc(C(C)(C)C)cc3)C2c2cccnc2)cc1. The summed E-state index contributed by atoms with van der Waals surface area (Å²) in [5, 5.41) is 11.1. The van der Waals surface area contributed by atoms with Crippen molar-refractivity contribution in [3.05, 3.63) is 95.3 Å². The summed E-state index contributed by atoms with van der Waals surface area (Å²) in [5.74, 6) is -1.05. The average molecular weight is 443 g/mol. The Balaban J connectivity index is 1.87. The maximum atomic E-state index is 13.2. The van der Waals surface area contributed by atoms with Gasteiger partial charge in [-0.1, -0.05) is 39.0 Å². The first-order chi connectivity index (χ1) is 15.7. The number of hydrogen-bond acceptors (Lipinski definition) is 5. The summed E-state index contributed by atoms with van der Waals surface area (Å²) in [6.07, 6.45) is 3.23. The van der Waals surface area contributed by atoms with Gasteiger partial charge in [0, 0.05) is 23.6 Å². The van der Waals surface area contributed by atoms with Crippen molar-refractivity contribution in [3.63, 3.8) is 0 Å². The molecule has 1 fully saturated rings. The van der Waals surface area contributed by atoms with E-state index in [0.29, 0.717) is 22.6 Å². The number of hydrogen-bond donors (Lipinski definition) is 1. The number of aliphatic hydroxyl groups is 1. The molecule has 1 amide bonds. The Bertz CT molecular complexity index is 1210. The van der Waals surface area contributed by atoms with Gasteiger partial charge in [-0.3, -0.25) is 19.5 Å². The lowest BCUT2D eigenvalue weighted by molar-refractivity contribution is -0.132. The van der Waals surface area contributed by atoms with Crippen LogP contribution in [0.1, 0.15) is 43.5 Å². The fraction of sp³-hybridized carbons (Fsp3) is 0.222. The predicted octanol–water partition coefficient (Wildman–Crippen LogP) is 5.01. The molecule has 1 N–H and O–H groups in total. The second-order valence-corrected chi connectivity index (χ2v) is 8.98. The summed E-state index contributed by atoms with van der Waals surface area (Å²) in [5.41, 5.74) is 2.71. The maximum Gasteiger partial charge on any atom is 0.300 e. The van der Waals surface area contributed by atoms with Crippen LogP contribution in [0.5, 0.6) is 5.75 Å². The molecule has 0 aliphatic carbocycles. The van der Waals surface area contributed by atoms with Gasteiger partial charge in [0.15, 0.2) is 0 Å². The molecule has 0 bridgehead atoms. The van der Waals surface area contributed by atoms with Crippen LogP contribution in [-0.2, 0) is 15.0 Å². The molecule has 6 nitrogen and oxygen atoms in total. The zero-order valence-electron chi connectivity index (χ0n) is 19.1. The van der Waals surface area contributed by atoms with E-state index < -0.39 is 17.7 Å². The number of benzene rings is 2. The number of anilines is 1. The van der Waals surface area contributed by atoms with Gasteiger partial charge < -0.3 is 9.84 Å². The van der Waals surface area contributed by atoms with Crippen LogP contribution in [0.2, 0.25) is 0 Å². The Kier molecular flexibility index (Phi) is 5.77. The van der Waals surface area contributed by atoms with Gasteiger partial charge in [-0.05, 0) is 59.0 Å². The lowest BCUT2D eigenvalue weighted by Gasteiger charge is -2.26. The lowest BCUT2D eigenvalue weighted by atomic mass is 9.87. The second kappa shape index (κ2) is 8.54. The van der Waals surface area contributed by atoms with Crippen molar-refractivity contribution in [1.29, 1.82) is 0 Å². The smallest absolute Gasteiger partial charge is 0.300 e. The van der Waals surface area contributed by atoms with Gasteiger partial charge in [0.25, 0.3) is 11.7 Å². The van der Waals surface area contributed by atoms with Crippen molar-refractivity contribution in [2.75, 3.05) is 12.0 Å². The van der Waals surface area contributed by atoms with Gasteiger partial charge in [-0.15, -0.1) is 0 Å². The normalized spacial score (nSPS) is 17.9. The molecule has 2 heterocycles. The molecule has 1 aliphatic rings. The van der Waals surface area contributed by atoms with E-state index in [-0.39, 0.29) is 16.7 Å². The van der Waals surface area contributed by atoms with E-state index in [2.05, 4.69) is 25.8 Å². The number of ether oxygens (including phenoxy) is 1. The third kappa shape index (κ3) is 4.12. The molecule has 4 rings (SSSR count). The van der Waals surface area contributed by atoms with Gasteiger partial charge in [-0.2, -0.15) is 0 Å². The minimum atomic E-state index is -0.804. The highest BCUT2D eigenvalue weighted by atomic mass is 16.5. The molecule has 2 aromatic carbocycles. The van der Waals surface area contributed by atoms with Crippen LogP contribution in [0, 0.1) is 0 Å². The average Bonchev–Trinajstić information content (AvgIpc) is 3.09. The molecule has 1 unspecified atom stereocenters. The van der Waals surface area contributed by atoms with Gasteiger partial charge in [-0.25, -0.2) is 0 Å². The van der Waals surface area contributed by atoms with Crippen LogP contribution < -0.4 is 9.64 Å². The molecule has 3 aromatic rings. The number of Topliss-reactive ketones (excluding diaryl/α,β-unsaturated/α-hetero) is 1. The molecule has 0 saturated carbocycles. The lowest BCUT2D eigenvalue weighted by Crippen LogP contribution is -2.29. The van der Waals surface area contributed by atoms with Crippen LogP contribution in [0.15, 0.2) is 78.6 Å². The van der Waals surface area contributed by atoms with E-state index in [9.17, 15) is 14.7 Å². The number of ketones is 1. The number of aromatic nitrogens is 1. The third-order valence-corrected chi connectivity index (χ3v) is 5.82. The number of pyridine rings is 1. The largest absolute Gasteiger partial charge is 0.507 e. The minimum absolute atomic E-state index is 0.0260. The monoisotopic (exact) mass is 442 g/mol. The second-order valence-electron chi connectivity index (χ2n) is 8.98. The summed E-state index contributed by atoms with van der Waals surface area (Å²) in [4.78, 5) is 32.0. The highest BCUT2D eigenvalue weighted by Gasteiger charge is 2.47. The van der Waals surface area contributed by atoms with Crippen molar-refractivity contribution in [1.82, 2.24) is 4.98 Å². The first-order valence-electron chi connectivity index (χ1n) is 10.7. The number of carbonyl (C=O) groups is 2. The van der Waals surface area contributed by atoms with Gasteiger partial charge >= 0.3 is 0 Å². The van der Waals surface area contributed by atoms with E-state index in [1.165, 1.54) is 4.90 Å². The summed E-state index contributed by atoms with van der Waals surface area (Å²) in [6.45, 7) is 6.33. The summed E-state index contributed by atoms with van der Waals surface area (Å²) >= 11 is 0. The fourth-order valence-corrected chi connectivity index (χ4v) is 3.98. The van der Waals surface area contributed by atoms with Crippen molar-refractivity contribution >= 4 is 23.1 Å². The first kappa shape index (κ1) is 22.3. The number of carbonyl (C=O) groups excluding carboxylic acids is 2. The van der Waals surface area contributed by atoms with Crippen molar-refractivity contribution in [3.8, 4) is 5.75 Å². The topological polar surface area (TPSA) is 79.7 Å². The van der Waals surface area contributed by atoms with E-state index in [0.717, 1.165) is 5.56 Å². The quantitative estimate of drug-likeness (QED) is 0.349. The van der Waals surface area contributed by atoms with Crippen LogP contribution in [0.3, 0.4) is 0 Å². The Morgan fingerprint density at radius 1 is 1.00 bits per heavy atom. The summed E-state index contributed by atoms with van der Waals surface area (Å²) < 4.78 is 5.18. The molecule has 1 saturated heterocycles. The van der Waals surface area contributed by atoms with Crippen LogP contribution in [0.25, 0.3) is 5.76 Å². The Morgan fingerprint density at radius 2 is 1.67 bits per heavy atom. The molecule has 1 aliphatic heterocycles. The predicted molar refractivity (Wildman–Crippen MR) is 127 cm³/mol. The summed E-state index contributed by atoms with van der Waals surface area (Å²) in [6, 6.07) is 17.0. The molecule has 168 valence electrons. The Hall–Kier alpha value is -3.93. The molecule has 6 heteroatoms. The molecule has 1 atom stereocenters. The molecule has 0 spiro atoms. The standard InChI is InChI=1S/C27H26N2O4/c1-27(2,3)19-9-11-20(12-10-19)29-23(18-6-5-15-28-16-18)22(25(31)26(29)32)24(30)17-7-13-21(33-4)14-8-17/h5-16,23,30H,1-4H3/b24-22+. The van der Waals surface area contributed by atoms with Crippen LogP contribution in [0.4, 0.5) is 5.69 Å². The first-order valence-corrected chi connectivity index (χ1v) is 10.7. The van der Waals surface area contributed by atoms with E-state index in [4.69, 9.17) is 4.74 Å². The Morgan fingerprint density at radius 3 is 2.21 bits per heavy atom. The molecule has 0 radical (unpaired) electrons. The van der Waals surface area contributed by atoms with Gasteiger partial charge in [0.2, 0.25) is 0 Å². The van der Waals surface area contributed by atoms with E-state index in [1.807, 2.05) is 24.3 Å². The molecular weight excluding hydrogens is 416 g/mol. The summed E-state index contributed by atoms with van der Waals surface area (Å²) in [7, 11) is 1.55. The number of rotatable bonds is 4. The highest BCUT2D eigenvalue weighted by Crippen LogP contribution is 2.42. The number of aliphatic hydroxyl groups excluding tert-OH is 1. The fourth-order valence-electron chi connectivity index (χ4n) is 3.98. The van der Waals surface area contributed by atoms with E-state index >= 15 is 0 Å². The zero-order chi connectivity index (χ0) is 23.8.